The van der Waals surface area contributed by atoms with Gasteiger partial charge in [-0.1, -0.05) is 0 Å². The molecule has 0 fully saturated rings. The maximum absolute atomic E-state index is 13.8. The van der Waals surface area contributed by atoms with Crippen LogP contribution in [0.15, 0.2) is 16.6 Å². The van der Waals surface area contributed by atoms with E-state index in [1.807, 2.05) is 0 Å². The fourth-order valence-corrected chi connectivity index (χ4v) is 2.61. The first-order valence-corrected chi connectivity index (χ1v) is 6.26. The van der Waals surface area contributed by atoms with Crippen LogP contribution < -0.4 is 0 Å². The summed E-state index contributed by atoms with van der Waals surface area (Å²) in [5.74, 6) is -2.70. The Balaban J connectivity index is 2.73. The van der Waals surface area contributed by atoms with Crippen molar-refractivity contribution in [1.29, 1.82) is 0 Å². The molecule has 0 spiro atoms. The molecule has 118 valence electrons. The van der Waals surface area contributed by atoms with Crippen molar-refractivity contribution in [2.45, 2.75) is 6.18 Å². The Morgan fingerprint density at radius 1 is 1.27 bits per heavy atom. The predicted octanol–water partition coefficient (Wildman–Crippen LogP) is 4.05. The Labute approximate surface area is 127 Å². The average Bonchev–Trinajstić information content (AvgIpc) is 2.63. The van der Waals surface area contributed by atoms with Gasteiger partial charge in [0.1, 0.15) is 11.5 Å². The molecule has 0 atom stereocenters. The van der Waals surface area contributed by atoms with Gasteiger partial charge in [-0.2, -0.15) is 22.7 Å². The zero-order chi connectivity index (χ0) is 16.8. The largest absolute Gasteiger partial charge is 0.434 e. The maximum Gasteiger partial charge on any atom is 0.434 e. The van der Waals surface area contributed by atoms with E-state index in [9.17, 15) is 32.1 Å². The van der Waals surface area contributed by atoms with E-state index < -0.39 is 49.8 Å². The summed E-state index contributed by atoms with van der Waals surface area (Å²) in [7, 11) is 0.979. The Kier molecular flexibility index (Phi) is 3.94. The molecular formula is C11H5BrF5N3O2. The second-order valence-electron chi connectivity index (χ2n) is 4.17. The number of hydrogen-bond donors (Lipinski definition) is 0. The van der Waals surface area contributed by atoms with E-state index >= 15 is 0 Å². The summed E-state index contributed by atoms with van der Waals surface area (Å²) in [5, 5.41) is 14.2. The third kappa shape index (κ3) is 2.67. The summed E-state index contributed by atoms with van der Waals surface area (Å²) < 4.78 is 65.5. The molecule has 0 aliphatic rings. The smallest absolute Gasteiger partial charge is 0.262 e. The molecule has 22 heavy (non-hydrogen) atoms. The van der Waals surface area contributed by atoms with E-state index in [4.69, 9.17) is 0 Å². The number of rotatable bonds is 2. The van der Waals surface area contributed by atoms with Crippen LogP contribution in [-0.4, -0.2) is 14.7 Å². The van der Waals surface area contributed by atoms with Gasteiger partial charge >= 0.3 is 11.9 Å². The molecule has 2 rings (SSSR count). The normalized spacial score (nSPS) is 11.8. The molecule has 0 saturated heterocycles. The molecule has 11 heteroatoms. The Morgan fingerprint density at radius 2 is 1.86 bits per heavy atom. The Bertz CT molecular complexity index is 772. The van der Waals surface area contributed by atoms with Gasteiger partial charge in [0.2, 0.25) is 5.82 Å². The van der Waals surface area contributed by atoms with E-state index in [-0.39, 0.29) is 6.07 Å². The summed E-state index contributed by atoms with van der Waals surface area (Å²) in [5.41, 5.74) is -3.40. The van der Waals surface area contributed by atoms with E-state index in [0.29, 0.717) is 10.7 Å². The van der Waals surface area contributed by atoms with Crippen LogP contribution in [0.25, 0.3) is 11.3 Å². The zero-order valence-corrected chi connectivity index (χ0v) is 12.2. The van der Waals surface area contributed by atoms with Crippen LogP contribution in [0.3, 0.4) is 0 Å². The van der Waals surface area contributed by atoms with E-state index in [1.165, 1.54) is 0 Å². The Morgan fingerprint density at radius 3 is 2.32 bits per heavy atom. The van der Waals surface area contributed by atoms with Crippen LogP contribution in [0.5, 0.6) is 0 Å². The molecule has 0 amide bonds. The van der Waals surface area contributed by atoms with Crippen molar-refractivity contribution in [3.63, 3.8) is 0 Å². The topological polar surface area (TPSA) is 61.0 Å². The van der Waals surface area contributed by atoms with Crippen molar-refractivity contribution >= 4 is 21.6 Å². The number of nitrogens with zero attached hydrogens (tertiary/aromatic N) is 3. The third-order valence-corrected chi connectivity index (χ3v) is 3.50. The average molecular weight is 386 g/mol. The highest BCUT2D eigenvalue weighted by Gasteiger charge is 2.39. The van der Waals surface area contributed by atoms with Crippen LogP contribution in [0.4, 0.5) is 27.6 Å². The fraction of sp³-hybridized carbons (Fsp3) is 0.182. The van der Waals surface area contributed by atoms with Crippen molar-refractivity contribution < 1.29 is 26.9 Å². The molecule has 0 aliphatic carbocycles. The lowest BCUT2D eigenvalue weighted by Crippen LogP contribution is -2.12. The lowest BCUT2D eigenvalue weighted by atomic mass is 10.1. The first-order valence-electron chi connectivity index (χ1n) is 5.47. The highest BCUT2D eigenvalue weighted by atomic mass is 79.9. The molecule has 5 nitrogen and oxygen atoms in total. The summed E-state index contributed by atoms with van der Waals surface area (Å²) in [4.78, 5) is 9.55. The number of alkyl halides is 3. The highest BCUT2D eigenvalue weighted by Crippen LogP contribution is 2.41. The third-order valence-electron chi connectivity index (χ3n) is 2.75. The van der Waals surface area contributed by atoms with E-state index in [2.05, 4.69) is 21.0 Å². The van der Waals surface area contributed by atoms with Gasteiger partial charge in [-0.25, -0.2) is 4.39 Å². The molecule has 0 saturated carbocycles. The van der Waals surface area contributed by atoms with Crippen LogP contribution >= 0.6 is 15.9 Å². The zero-order valence-electron chi connectivity index (χ0n) is 10.6. The standard InChI is InChI=1S/C11H5BrF5N3O2/c1-19-10(11(15,16)17)8(12)9(18-19)4-2-7(20(21)22)6(14)3-5(4)13/h2-3H,1H3. The second-order valence-corrected chi connectivity index (χ2v) is 4.97. The van der Waals surface area contributed by atoms with Crippen molar-refractivity contribution in [3.8, 4) is 11.3 Å². The molecule has 1 aromatic carbocycles. The number of aryl methyl sites for hydroxylation is 1. The minimum atomic E-state index is -4.78. The van der Waals surface area contributed by atoms with Crippen molar-refractivity contribution in [2.75, 3.05) is 0 Å². The predicted molar refractivity (Wildman–Crippen MR) is 67.9 cm³/mol. The second kappa shape index (κ2) is 5.30. The minimum absolute atomic E-state index is 0.224. The number of nitro benzene ring substituents is 1. The number of halogens is 6. The lowest BCUT2D eigenvalue weighted by molar-refractivity contribution is -0.387. The first-order chi connectivity index (χ1) is 10.0. The highest BCUT2D eigenvalue weighted by molar-refractivity contribution is 9.10. The van der Waals surface area contributed by atoms with Crippen molar-refractivity contribution in [2.24, 2.45) is 7.05 Å². The van der Waals surface area contributed by atoms with E-state index in [0.717, 1.165) is 7.05 Å². The summed E-state index contributed by atoms with van der Waals surface area (Å²) >= 11 is 2.66. The lowest BCUT2D eigenvalue weighted by Gasteiger charge is -2.06. The molecular weight excluding hydrogens is 381 g/mol. The van der Waals surface area contributed by atoms with Gasteiger partial charge in [-0.3, -0.25) is 14.8 Å². The molecule has 0 unspecified atom stereocenters. The van der Waals surface area contributed by atoms with Gasteiger partial charge in [0, 0.05) is 24.7 Å². The molecule has 0 bridgehead atoms. The SMILES string of the molecule is Cn1nc(-c2cc([N+](=O)[O-])c(F)cc2F)c(Br)c1C(F)(F)F. The van der Waals surface area contributed by atoms with Gasteiger partial charge in [-0.05, 0) is 15.9 Å². The monoisotopic (exact) mass is 385 g/mol. The van der Waals surface area contributed by atoms with Crippen LogP contribution in [-0.2, 0) is 13.2 Å². The Hall–Kier alpha value is -2.04. The molecule has 2 aromatic rings. The van der Waals surface area contributed by atoms with Crippen LogP contribution in [0.1, 0.15) is 5.69 Å². The first kappa shape index (κ1) is 16.3. The molecule has 0 N–H and O–H groups in total. The van der Waals surface area contributed by atoms with Gasteiger partial charge < -0.3 is 0 Å². The van der Waals surface area contributed by atoms with Gasteiger partial charge in [0.05, 0.1) is 9.40 Å². The quantitative estimate of drug-likeness (QED) is 0.445. The molecule has 1 aromatic heterocycles. The van der Waals surface area contributed by atoms with Crippen LogP contribution in [0.2, 0.25) is 0 Å². The fourth-order valence-electron chi connectivity index (χ4n) is 1.84. The summed E-state index contributed by atoms with van der Waals surface area (Å²) in [6.07, 6.45) is -4.78. The summed E-state index contributed by atoms with van der Waals surface area (Å²) in [6, 6.07) is 0.722. The van der Waals surface area contributed by atoms with Crippen LogP contribution in [0, 0.1) is 21.7 Å². The van der Waals surface area contributed by atoms with Crippen molar-refractivity contribution in [1.82, 2.24) is 9.78 Å². The number of hydrogen-bond acceptors (Lipinski definition) is 3. The van der Waals surface area contributed by atoms with E-state index in [1.54, 1.807) is 0 Å². The number of nitro groups is 1. The number of benzene rings is 1. The van der Waals surface area contributed by atoms with Gasteiger partial charge in [0.15, 0.2) is 5.69 Å². The number of aromatic nitrogens is 2. The summed E-state index contributed by atoms with van der Waals surface area (Å²) in [6.45, 7) is 0. The maximum atomic E-state index is 13.8. The minimum Gasteiger partial charge on any atom is -0.262 e. The molecule has 0 radical (unpaired) electrons. The van der Waals surface area contributed by atoms with Gasteiger partial charge in [-0.15, -0.1) is 0 Å². The van der Waals surface area contributed by atoms with Gasteiger partial charge in [0.25, 0.3) is 0 Å². The molecule has 0 aliphatic heterocycles. The molecule has 1 heterocycles. The van der Waals surface area contributed by atoms with Crippen molar-refractivity contribution in [3.05, 3.63) is 44.0 Å².